The summed E-state index contributed by atoms with van der Waals surface area (Å²) in [6.45, 7) is 0. The first-order valence-corrected chi connectivity index (χ1v) is 21.1. The molecule has 0 saturated heterocycles. The minimum atomic E-state index is -0.533. The Balaban J connectivity index is 1.20. The molecule has 286 valence electrons. The maximum absolute atomic E-state index is 2.51. The van der Waals surface area contributed by atoms with Crippen molar-refractivity contribution in [2.75, 3.05) is 4.90 Å². The minimum Gasteiger partial charge on any atom is -0.310 e. The lowest BCUT2D eigenvalue weighted by Crippen LogP contribution is -2.28. The van der Waals surface area contributed by atoms with Crippen molar-refractivity contribution in [2.45, 2.75) is 5.41 Å². The van der Waals surface area contributed by atoms with Crippen LogP contribution in [0.4, 0.5) is 17.1 Å². The van der Waals surface area contributed by atoms with Gasteiger partial charge in [-0.15, -0.1) is 0 Å². The second-order valence-corrected chi connectivity index (χ2v) is 16.1. The lowest BCUT2D eigenvalue weighted by Gasteiger charge is -2.35. The highest BCUT2D eigenvalue weighted by Gasteiger charge is 2.46. The molecule has 12 rings (SSSR count). The topological polar surface area (TPSA) is 8.17 Å². The van der Waals surface area contributed by atoms with Crippen molar-refractivity contribution in [1.82, 2.24) is 4.57 Å². The highest BCUT2D eigenvalue weighted by atomic mass is 15.1. The Kier molecular flexibility index (Phi) is 8.11. The van der Waals surface area contributed by atoms with Crippen LogP contribution < -0.4 is 4.90 Å². The maximum atomic E-state index is 2.51. The van der Waals surface area contributed by atoms with Crippen molar-refractivity contribution < 1.29 is 0 Å². The molecule has 0 fully saturated rings. The monoisotopic (exact) mass is 776 g/mol. The quantitative estimate of drug-likeness (QED) is 0.156. The van der Waals surface area contributed by atoms with E-state index in [1.54, 1.807) is 0 Å². The fourth-order valence-electron chi connectivity index (χ4n) is 10.2. The molecule has 1 heterocycles. The predicted molar refractivity (Wildman–Crippen MR) is 256 cm³/mol. The van der Waals surface area contributed by atoms with Gasteiger partial charge >= 0.3 is 0 Å². The number of anilines is 3. The molecule has 0 aliphatic heterocycles. The van der Waals surface area contributed by atoms with Crippen LogP contribution in [0, 0.1) is 0 Å². The fourth-order valence-corrected chi connectivity index (χ4v) is 10.2. The maximum Gasteiger partial charge on any atom is 0.0714 e. The van der Waals surface area contributed by atoms with Crippen LogP contribution in [-0.2, 0) is 5.41 Å². The summed E-state index contributed by atoms with van der Waals surface area (Å²) in [4.78, 5) is 2.51. The van der Waals surface area contributed by atoms with Crippen LogP contribution in [0.5, 0.6) is 0 Å². The van der Waals surface area contributed by atoms with Crippen molar-refractivity contribution in [3.63, 3.8) is 0 Å². The Morgan fingerprint density at radius 1 is 0.344 bits per heavy atom. The van der Waals surface area contributed by atoms with E-state index < -0.39 is 5.41 Å². The first-order chi connectivity index (χ1) is 30.3. The van der Waals surface area contributed by atoms with E-state index in [0.717, 1.165) is 33.9 Å². The molecule has 0 atom stereocenters. The van der Waals surface area contributed by atoms with E-state index in [1.165, 1.54) is 66.0 Å². The number of rotatable bonds is 7. The Bertz CT molecular complexity index is 3360. The van der Waals surface area contributed by atoms with E-state index in [4.69, 9.17) is 0 Å². The van der Waals surface area contributed by atoms with Gasteiger partial charge in [-0.25, -0.2) is 0 Å². The molecule has 1 aliphatic rings. The molecule has 0 bridgehead atoms. The van der Waals surface area contributed by atoms with Crippen LogP contribution >= 0.6 is 0 Å². The number of nitrogens with zero attached hydrogens (tertiary/aromatic N) is 2. The molecule has 61 heavy (non-hydrogen) atoms. The van der Waals surface area contributed by atoms with Gasteiger partial charge < -0.3 is 9.47 Å². The van der Waals surface area contributed by atoms with Gasteiger partial charge in [-0.3, -0.25) is 0 Å². The van der Waals surface area contributed by atoms with E-state index in [0.29, 0.717) is 0 Å². The van der Waals surface area contributed by atoms with Gasteiger partial charge in [0.15, 0.2) is 0 Å². The lowest BCUT2D eigenvalue weighted by molar-refractivity contribution is 0.768. The van der Waals surface area contributed by atoms with Gasteiger partial charge in [0.2, 0.25) is 0 Å². The van der Waals surface area contributed by atoms with E-state index in [1.807, 2.05) is 0 Å². The lowest BCUT2D eigenvalue weighted by atomic mass is 9.67. The Labute approximate surface area is 355 Å². The predicted octanol–water partition coefficient (Wildman–Crippen LogP) is 15.4. The van der Waals surface area contributed by atoms with Gasteiger partial charge in [0.1, 0.15) is 0 Å². The van der Waals surface area contributed by atoms with Gasteiger partial charge in [-0.2, -0.15) is 0 Å². The van der Waals surface area contributed by atoms with Crippen molar-refractivity contribution in [3.8, 4) is 27.9 Å². The van der Waals surface area contributed by atoms with Gasteiger partial charge in [0.25, 0.3) is 0 Å². The van der Waals surface area contributed by atoms with Crippen molar-refractivity contribution >= 4 is 49.6 Å². The average molecular weight is 777 g/mol. The summed E-state index contributed by atoms with van der Waals surface area (Å²) in [5, 5.41) is 4.84. The third-order valence-corrected chi connectivity index (χ3v) is 12.8. The van der Waals surface area contributed by atoms with E-state index in [-0.39, 0.29) is 0 Å². The summed E-state index contributed by atoms with van der Waals surface area (Å²) in [5.41, 5.74) is 16.2. The van der Waals surface area contributed by atoms with Crippen LogP contribution in [0.15, 0.2) is 243 Å². The van der Waals surface area contributed by atoms with Crippen molar-refractivity contribution in [1.29, 1.82) is 0 Å². The molecule has 10 aromatic carbocycles. The molecule has 2 heteroatoms. The summed E-state index contributed by atoms with van der Waals surface area (Å²) >= 11 is 0. The smallest absolute Gasteiger partial charge is 0.0714 e. The molecule has 0 spiro atoms. The van der Waals surface area contributed by atoms with Crippen LogP contribution in [-0.4, -0.2) is 4.57 Å². The largest absolute Gasteiger partial charge is 0.310 e. The summed E-state index contributed by atoms with van der Waals surface area (Å²) in [7, 11) is 0. The SMILES string of the molecule is c1ccc(-c2cc3c(cc2N(c2ccc4c(c2)C(c2ccccc2)(c2ccccc2)c2ccccc2-4)c2ccc4ccccc4c2)c2ccccc2n3-c2ccccc2)cc1. The zero-order chi connectivity index (χ0) is 40.3. The molecule has 1 aromatic heterocycles. The normalized spacial score (nSPS) is 12.7. The Morgan fingerprint density at radius 3 is 1.67 bits per heavy atom. The van der Waals surface area contributed by atoms with Crippen molar-refractivity contribution in [3.05, 3.63) is 265 Å². The number of fused-ring (bicyclic) bond motifs is 7. The summed E-state index contributed by atoms with van der Waals surface area (Å²) < 4.78 is 2.42. The van der Waals surface area contributed by atoms with E-state index in [2.05, 4.69) is 252 Å². The molecule has 0 unspecified atom stereocenters. The molecule has 0 saturated carbocycles. The molecule has 1 aliphatic carbocycles. The number of aromatic nitrogens is 1. The zero-order valence-corrected chi connectivity index (χ0v) is 33.5. The molecular formula is C59H40N2. The van der Waals surface area contributed by atoms with Gasteiger partial charge in [0, 0.05) is 33.4 Å². The fraction of sp³-hybridized carbons (Fsp3) is 0.0169. The second-order valence-electron chi connectivity index (χ2n) is 16.1. The summed E-state index contributed by atoms with van der Waals surface area (Å²) in [6, 6.07) is 89.3. The number of benzene rings is 10. The van der Waals surface area contributed by atoms with Gasteiger partial charge in [-0.05, 0) is 104 Å². The Hall–Kier alpha value is -7.94. The van der Waals surface area contributed by atoms with Gasteiger partial charge in [-0.1, -0.05) is 188 Å². The van der Waals surface area contributed by atoms with Crippen molar-refractivity contribution in [2.24, 2.45) is 0 Å². The average Bonchev–Trinajstić information content (AvgIpc) is 3.82. The molecule has 2 nitrogen and oxygen atoms in total. The van der Waals surface area contributed by atoms with E-state index in [9.17, 15) is 0 Å². The first kappa shape index (κ1) is 35.0. The minimum absolute atomic E-state index is 0.533. The molecular weight excluding hydrogens is 737 g/mol. The second kappa shape index (κ2) is 14.1. The third-order valence-electron chi connectivity index (χ3n) is 12.8. The molecule has 0 radical (unpaired) electrons. The number of hydrogen-bond acceptors (Lipinski definition) is 1. The van der Waals surface area contributed by atoms with Crippen LogP contribution in [0.1, 0.15) is 22.3 Å². The van der Waals surface area contributed by atoms with E-state index >= 15 is 0 Å². The highest BCUT2D eigenvalue weighted by Crippen LogP contribution is 2.57. The summed E-state index contributed by atoms with van der Waals surface area (Å²) in [5.74, 6) is 0. The zero-order valence-electron chi connectivity index (χ0n) is 33.5. The van der Waals surface area contributed by atoms with Crippen LogP contribution in [0.25, 0.3) is 60.5 Å². The highest BCUT2D eigenvalue weighted by molar-refractivity contribution is 6.13. The standard InChI is InChI=1S/C59H40N2/c1-5-20-42(21-6-1)52-39-58-53(51-30-16-18-32-56(51)61(58)46-27-11-4-12-28-46)40-57(52)60(47-34-33-41-19-13-14-22-43(41)37-47)48-35-36-50-49-29-15-17-31-54(49)59(55(50)38-48,44-23-7-2-8-24-44)45-25-9-3-10-26-45/h1-40H. The van der Waals surface area contributed by atoms with Gasteiger partial charge in [0.05, 0.1) is 22.1 Å². The first-order valence-electron chi connectivity index (χ1n) is 21.1. The van der Waals surface area contributed by atoms with Crippen LogP contribution in [0.3, 0.4) is 0 Å². The third kappa shape index (κ3) is 5.43. The Morgan fingerprint density at radius 2 is 0.918 bits per heavy atom. The number of hydrogen-bond donors (Lipinski definition) is 0. The number of para-hydroxylation sites is 2. The molecule has 11 aromatic rings. The molecule has 0 amide bonds. The van der Waals surface area contributed by atoms with Crippen LogP contribution in [0.2, 0.25) is 0 Å². The summed E-state index contributed by atoms with van der Waals surface area (Å²) in [6.07, 6.45) is 0. The molecule has 0 N–H and O–H groups in total.